The van der Waals surface area contributed by atoms with Gasteiger partial charge in [0.15, 0.2) is 11.4 Å². The Morgan fingerprint density at radius 3 is 2.29 bits per heavy atom. The van der Waals surface area contributed by atoms with Crippen LogP contribution < -0.4 is 14.6 Å². The first-order chi connectivity index (χ1) is 15.9. The number of ketones is 1. The summed E-state index contributed by atoms with van der Waals surface area (Å²) in [6.45, 7) is 2.83. The lowest BCUT2D eigenvalue weighted by Crippen LogP contribution is -2.38. The molecule has 8 nitrogen and oxygen atoms in total. The summed E-state index contributed by atoms with van der Waals surface area (Å²) in [6.07, 6.45) is 2.81. The lowest BCUT2D eigenvalue weighted by atomic mass is 10.0. The third-order valence-corrected chi connectivity index (χ3v) is 6.71. The van der Waals surface area contributed by atoms with Gasteiger partial charge in [-0.3, -0.25) is 4.79 Å². The average Bonchev–Trinajstić information content (AvgIpc) is 3.31. The van der Waals surface area contributed by atoms with Crippen LogP contribution in [0.1, 0.15) is 29.8 Å². The topological polar surface area (TPSA) is 133 Å². The second-order valence-electron chi connectivity index (χ2n) is 7.75. The Kier molecular flexibility index (Phi) is 7.25. The average molecular weight is 502 g/mol. The van der Waals surface area contributed by atoms with Gasteiger partial charge < -0.3 is 14.6 Å². The van der Waals surface area contributed by atoms with Crippen LogP contribution in [0.2, 0.25) is 0 Å². The maximum absolute atomic E-state index is 12.7. The predicted octanol–water partition coefficient (Wildman–Crippen LogP) is 4.21. The van der Waals surface area contributed by atoms with Crippen LogP contribution >= 0.6 is 11.3 Å². The number of ether oxygens (including phenoxy) is 2. The number of carboxylic acids is 1. The molecule has 34 heavy (non-hydrogen) atoms. The smallest absolute Gasteiger partial charge is 0.347 e. The fraction of sp³-hybridized carbons (Fsp3) is 0.167. The number of methoxy groups -OCH3 is 1. The molecule has 0 bridgehead atoms. The molecule has 0 saturated carbocycles. The second kappa shape index (κ2) is 9.80. The Hall–Kier alpha value is -3.47. The van der Waals surface area contributed by atoms with Gasteiger partial charge in [0.1, 0.15) is 11.5 Å². The maximum Gasteiger partial charge on any atom is 0.347 e. The molecule has 0 atom stereocenters. The molecule has 0 aliphatic rings. The number of allylic oxidation sites excluding steroid dienone is 1. The molecular weight excluding hydrogens is 478 g/mol. The van der Waals surface area contributed by atoms with Gasteiger partial charge in [-0.05, 0) is 67.8 Å². The third-order valence-electron chi connectivity index (χ3n) is 4.88. The number of carbonyl (C=O) groups excluding carboxylic acids is 1. The van der Waals surface area contributed by atoms with E-state index in [0.717, 1.165) is 10.4 Å². The van der Waals surface area contributed by atoms with Crippen LogP contribution in [0.25, 0.3) is 16.5 Å². The Morgan fingerprint density at radius 2 is 1.76 bits per heavy atom. The molecule has 0 amide bonds. The highest BCUT2D eigenvalue weighted by Crippen LogP contribution is 2.39. The van der Waals surface area contributed by atoms with Crippen molar-refractivity contribution in [1.29, 1.82) is 0 Å². The first-order valence-electron chi connectivity index (χ1n) is 9.96. The first-order valence-corrected chi connectivity index (χ1v) is 12.4. The van der Waals surface area contributed by atoms with Gasteiger partial charge in [0.25, 0.3) is 0 Å². The van der Waals surface area contributed by atoms with E-state index in [1.807, 2.05) is 17.5 Å². The zero-order valence-corrected chi connectivity index (χ0v) is 20.3. The number of primary sulfonamides is 1. The van der Waals surface area contributed by atoms with Crippen molar-refractivity contribution in [2.24, 2.45) is 5.14 Å². The number of rotatable bonds is 9. The Labute approximate surface area is 201 Å². The van der Waals surface area contributed by atoms with E-state index in [0.29, 0.717) is 11.3 Å². The van der Waals surface area contributed by atoms with E-state index in [1.165, 1.54) is 68.7 Å². The van der Waals surface area contributed by atoms with E-state index >= 15 is 0 Å². The first kappa shape index (κ1) is 25.2. The van der Waals surface area contributed by atoms with E-state index < -0.39 is 27.4 Å². The minimum atomic E-state index is -3.87. The number of thiophene rings is 1. The summed E-state index contributed by atoms with van der Waals surface area (Å²) in [5.74, 6) is -0.841. The molecule has 3 N–H and O–H groups in total. The van der Waals surface area contributed by atoms with Crippen molar-refractivity contribution in [3.8, 4) is 21.9 Å². The van der Waals surface area contributed by atoms with Crippen molar-refractivity contribution >= 4 is 39.2 Å². The SMILES string of the molecule is COc1cc(OC(C)(C)C(=O)O)c(C=CC(=O)c2ccc(S(N)(=O)=O)cc2)cc1-c1cccs1. The summed E-state index contributed by atoms with van der Waals surface area (Å²) < 4.78 is 34.1. The van der Waals surface area contributed by atoms with Crippen LogP contribution in [0.4, 0.5) is 0 Å². The molecule has 0 spiro atoms. The van der Waals surface area contributed by atoms with Crippen molar-refractivity contribution in [1.82, 2.24) is 0 Å². The number of hydrogen-bond acceptors (Lipinski definition) is 7. The number of carboxylic acid groups (broad SMARTS) is 1. The lowest BCUT2D eigenvalue weighted by Gasteiger charge is -2.24. The molecule has 1 heterocycles. The van der Waals surface area contributed by atoms with Gasteiger partial charge in [0.05, 0.1) is 12.0 Å². The third kappa shape index (κ3) is 5.71. The quantitative estimate of drug-likeness (QED) is 0.331. The molecule has 0 saturated heterocycles. The summed E-state index contributed by atoms with van der Waals surface area (Å²) in [4.78, 5) is 25.1. The number of aliphatic carboxylic acids is 1. The monoisotopic (exact) mass is 501 g/mol. The number of carbonyl (C=O) groups is 2. The molecule has 10 heteroatoms. The summed E-state index contributed by atoms with van der Waals surface area (Å²) in [5, 5.41) is 16.5. The van der Waals surface area contributed by atoms with Gasteiger partial charge >= 0.3 is 5.97 Å². The predicted molar refractivity (Wildman–Crippen MR) is 130 cm³/mol. The molecule has 0 unspecified atom stereocenters. The highest BCUT2D eigenvalue weighted by molar-refractivity contribution is 7.89. The fourth-order valence-corrected chi connectivity index (χ4v) is 4.24. The van der Waals surface area contributed by atoms with Gasteiger partial charge in [0, 0.05) is 27.6 Å². The van der Waals surface area contributed by atoms with Crippen molar-refractivity contribution in [3.63, 3.8) is 0 Å². The molecule has 3 rings (SSSR count). The highest BCUT2D eigenvalue weighted by Gasteiger charge is 2.30. The Morgan fingerprint density at radius 1 is 1.09 bits per heavy atom. The summed E-state index contributed by atoms with van der Waals surface area (Å²) in [7, 11) is -2.37. The normalized spacial score (nSPS) is 12.0. The number of nitrogens with two attached hydrogens (primary N) is 1. The van der Waals surface area contributed by atoms with Crippen LogP contribution in [0.3, 0.4) is 0 Å². The lowest BCUT2D eigenvalue weighted by molar-refractivity contribution is -0.152. The van der Waals surface area contributed by atoms with Crippen molar-refractivity contribution < 1.29 is 32.6 Å². The zero-order chi connectivity index (χ0) is 25.1. The minimum absolute atomic E-state index is 0.102. The molecule has 0 fully saturated rings. The van der Waals surface area contributed by atoms with Crippen molar-refractivity contribution in [2.45, 2.75) is 24.3 Å². The van der Waals surface area contributed by atoms with Gasteiger partial charge in [-0.25, -0.2) is 18.4 Å². The second-order valence-corrected chi connectivity index (χ2v) is 10.3. The van der Waals surface area contributed by atoms with Crippen LogP contribution in [0.5, 0.6) is 11.5 Å². The Bertz CT molecular complexity index is 1340. The molecule has 0 aliphatic carbocycles. The van der Waals surface area contributed by atoms with Crippen molar-refractivity contribution in [3.05, 3.63) is 71.1 Å². The summed E-state index contributed by atoms with van der Waals surface area (Å²) in [6, 6.07) is 12.4. The molecule has 0 aliphatic heterocycles. The van der Waals surface area contributed by atoms with Gasteiger partial charge in [-0.15, -0.1) is 11.3 Å². The largest absolute Gasteiger partial charge is 0.496 e. The van der Waals surface area contributed by atoms with Crippen LogP contribution in [0, 0.1) is 0 Å². The van der Waals surface area contributed by atoms with Gasteiger partial charge in [0.2, 0.25) is 10.0 Å². The fourth-order valence-electron chi connectivity index (χ4n) is 2.98. The van der Waals surface area contributed by atoms with Gasteiger partial charge in [-0.1, -0.05) is 6.07 Å². The standard InChI is InChI=1S/C24H23NO7S2/c1-24(2,23(27)28)32-20-14-21(31-3)18(22-5-4-12-33-22)13-16(20)8-11-19(26)15-6-9-17(10-7-15)34(25,29)30/h4-14H,1-3H3,(H,27,28)(H2,25,29,30). The van der Waals surface area contributed by atoms with E-state index in [-0.39, 0.29) is 16.2 Å². The molecule has 2 aromatic carbocycles. The van der Waals surface area contributed by atoms with E-state index in [2.05, 4.69) is 0 Å². The van der Waals surface area contributed by atoms with E-state index in [4.69, 9.17) is 14.6 Å². The number of hydrogen-bond donors (Lipinski definition) is 2. The molecule has 0 radical (unpaired) electrons. The highest BCUT2D eigenvalue weighted by atomic mass is 32.2. The van der Waals surface area contributed by atoms with Crippen LogP contribution in [-0.2, 0) is 14.8 Å². The van der Waals surface area contributed by atoms with Crippen molar-refractivity contribution in [2.75, 3.05) is 7.11 Å². The number of sulfonamides is 1. The van der Waals surface area contributed by atoms with Crippen LogP contribution in [-0.4, -0.2) is 38.0 Å². The molecular formula is C24H23NO7S2. The summed E-state index contributed by atoms with van der Waals surface area (Å²) >= 11 is 1.50. The minimum Gasteiger partial charge on any atom is -0.496 e. The van der Waals surface area contributed by atoms with Crippen LogP contribution in [0.15, 0.2) is 64.9 Å². The maximum atomic E-state index is 12.7. The summed E-state index contributed by atoms with van der Waals surface area (Å²) in [5.41, 5.74) is -0.0643. The molecule has 1 aromatic heterocycles. The number of benzene rings is 2. The Balaban J connectivity index is 2.03. The molecule has 178 valence electrons. The zero-order valence-electron chi connectivity index (χ0n) is 18.6. The molecule has 3 aromatic rings. The van der Waals surface area contributed by atoms with E-state index in [9.17, 15) is 23.1 Å². The van der Waals surface area contributed by atoms with E-state index in [1.54, 1.807) is 12.1 Å². The van der Waals surface area contributed by atoms with Gasteiger partial charge in [-0.2, -0.15) is 0 Å².